The van der Waals surface area contributed by atoms with E-state index < -0.39 is 11.9 Å². The van der Waals surface area contributed by atoms with Crippen LogP contribution in [0.25, 0.3) is 11.4 Å². The molecule has 2 aromatic carbocycles. The van der Waals surface area contributed by atoms with Crippen LogP contribution in [0.1, 0.15) is 47.7 Å². The third-order valence-electron chi connectivity index (χ3n) is 7.25. The van der Waals surface area contributed by atoms with Crippen molar-refractivity contribution in [2.75, 3.05) is 26.2 Å². The van der Waals surface area contributed by atoms with Crippen LogP contribution in [0, 0.1) is 5.92 Å². The van der Waals surface area contributed by atoms with Gasteiger partial charge in [-0.05, 0) is 36.5 Å². The molecule has 3 heterocycles. The van der Waals surface area contributed by atoms with Crippen LogP contribution in [0.15, 0.2) is 72.4 Å². The van der Waals surface area contributed by atoms with Crippen LogP contribution in [0.3, 0.4) is 0 Å². The maximum Gasteiger partial charge on any atom is 0.273 e. The second kappa shape index (κ2) is 14.8. The zero-order chi connectivity index (χ0) is 30.9. The zero-order valence-corrected chi connectivity index (χ0v) is 25.9. The first-order valence-electron chi connectivity index (χ1n) is 14.9. The van der Waals surface area contributed by atoms with Crippen molar-refractivity contribution in [2.24, 2.45) is 5.92 Å². The van der Waals surface area contributed by atoms with Gasteiger partial charge in [0.05, 0.1) is 18.2 Å². The molecule has 2 N–H and O–H groups in total. The first kappa shape index (κ1) is 30.9. The summed E-state index contributed by atoms with van der Waals surface area (Å²) in [6, 6.07) is 16.9. The number of fused-ring (bicyclic) bond motifs is 4. The third kappa shape index (κ3) is 8.31. The van der Waals surface area contributed by atoms with Gasteiger partial charge in [0.2, 0.25) is 11.8 Å². The van der Waals surface area contributed by atoms with Crippen LogP contribution < -0.4 is 15.4 Å². The summed E-state index contributed by atoms with van der Waals surface area (Å²) in [6.45, 7) is 5.31. The molecule has 2 aromatic heterocycles. The standard InChI is InChI=1S/C33H38N6O4S/c1-23(2)18-27-32(41)35-13-16-38-15-12-34-31(38)25-10-6-11-26(20-25)43-17-7-14-39(21-29(40)36-27)33(42)28-22-44-30(37-28)19-24-8-4-3-5-9-24/h3-6,8-12,15,20,22-23,27H,7,13-14,16-19,21H2,1-2H3,(H,35,41)(H,36,40)/t27-/m1/s1. The molecule has 3 amide bonds. The van der Waals surface area contributed by atoms with Crippen molar-refractivity contribution in [3.05, 3.63) is 88.6 Å². The van der Waals surface area contributed by atoms with Crippen LogP contribution >= 0.6 is 11.3 Å². The Morgan fingerprint density at radius 2 is 1.95 bits per heavy atom. The molecule has 11 heteroatoms. The number of amides is 3. The van der Waals surface area contributed by atoms with E-state index in [4.69, 9.17) is 4.74 Å². The Morgan fingerprint density at radius 1 is 1.11 bits per heavy atom. The highest BCUT2D eigenvalue weighted by atomic mass is 32.1. The lowest BCUT2D eigenvalue weighted by atomic mass is 10.0. The van der Waals surface area contributed by atoms with Crippen LogP contribution in [0.2, 0.25) is 0 Å². The van der Waals surface area contributed by atoms with Crippen LogP contribution in [-0.4, -0.2) is 69.4 Å². The van der Waals surface area contributed by atoms with Gasteiger partial charge in [0.15, 0.2) is 0 Å². The Bertz CT molecular complexity index is 1570. The molecule has 1 aliphatic heterocycles. The molecule has 0 radical (unpaired) electrons. The average molecular weight is 615 g/mol. The predicted molar refractivity (Wildman–Crippen MR) is 169 cm³/mol. The molecule has 1 atom stereocenters. The quantitative estimate of drug-likeness (QED) is 0.349. The average Bonchev–Trinajstić information content (AvgIpc) is 3.68. The Balaban J connectivity index is 1.36. The number of benzene rings is 2. The fraction of sp³-hybridized carbons (Fsp3) is 0.364. The first-order valence-corrected chi connectivity index (χ1v) is 15.8. The van der Waals surface area contributed by atoms with E-state index in [2.05, 4.69) is 20.6 Å². The van der Waals surface area contributed by atoms with Gasteiger partial charge in [-0.3, -0.25) is 14.4 Å². The number of aromatic nitrogens is 3. The Kier molecular flexibility index (Phi) is 10.4. The molecule has 10 nitrogen and oxygen atoms in total. The molecule has 230 valence electrons. The number of nitrogens with one attached hydrogen (secondary N) is 2. The third-order valence-corrected chi connectivity index (χ3v) is 8.10. The van der Waals surface area contributed by atoms with E-state index in [0.29, 0.717) is 50.4 Å². The molecule has 0 fully saturated rings. The predicted octanol–water partition coefficient (Wildman–Crippen LogP) is 4.17. The number of carbonyl (C=O) groups excluding carboxylic acids is 3. The van der Waals surface area contributed by atoms with E-state index >= 15 is 0 Å². The summed E-state index contributed by atoms with van der Waals surface area (Å²) < 4.78 is 8.02. The first-order chi connectivity index (χ1) is 21.4. The fourth-order valence-corrected chi connectivity index (χ4v) is 5.94. The molecule has 0 saturated carbocycles. The Hall–Kier alpha value is -4.51. The Labute approximate surface area is 261 Å². The van der Waals surface area contributed by atoms with Gasteiger partial charge in [-0.1, -0.05) is 56.3 Å². The summed E-state index contributed by atoms with van der Waals surface area (Å²) in [5, 5.41) is 8.41. The number of hydrogen-bond donors (Lipinski definition) is 2. The number of imidazole rings is 1. The molecule has 0 saturated heterocycles. The minimum Gasteiger partial charge on any atom is -0.494 e. The fourth-order valence-electron chi connectivity index (χ4n) is 5.13. The summed E-state index contributed by atoms with van der Waals surface area (Å²) in [5.41, 5.74) is 2.31. The van der Waals surface area contributed by atoms with Gasteiger partial charge >= 0.3 is 0 Å². The van der Waals surface area contributed by atoms with E-state index in [0.717, 1.165) is 22.0 Å². The highest BCUT2D eigenvalue weighted by molar-refractivity contribution is 7.09. The molecule has 4 aromatic rings. The lowest BCUT2D eigenvalue weighted by molar-refractivity contribution is -0.129. The van der Waals surface area contributed by atoms with E-state index in [-0.39, 0.29) is 30.8 Å². The number of rotatable bonds is 5. The number of hydrogen-bond acceptors (Lipinski definition) is 7. The topological polar surface area (TPSA) is 118 Å². The van der Waals surface area contributed by atoms with Crippen molar-refractivity contribution < 1.29 is 19.1 Å². The second-order valence-corrected chi connectivity index (χ2v) is 12.2. The van der Waals surface area contributed by atoms with E-state index in [1.54, 1.807) is 11.6 Å². The number of nitrogens with zero attached hydrogens (tertiary/aromatic N) is 4. The van der Waals surface area contributed by atoms with Gasteiger partial charge in [-0.25, -0.2) is 9.97 Å². The van der Waals surface area contributed by atoms with Gasteiger partial charge in [-0.15, -0.1) is 11.3 Å². The molecule has 0 aliphatic carbocycles. The number of thiazole rings is 1. The van der Waals surface area contributed by atoms with Gasteiger partial charge < -0.3 is 24.8 Å². The maximum absolute atomic E-state index is 13.7. The van der Waals surface area contributed by atoms with Crippen LogP contribution in [0.4, 0.5) is 0 Å². The molecule has 1 aliphatic rings. The largest absolute Gasteiger partial charge is 0.494 e. The number of carbonyl (C=O) groups is 3. The van der Waals surface area contributed by atoms with Crippen molar-refractivity contribution in [3.63, 3.8) is 0 Å². The zero-order valence-electron chi connectivity index (χ0n) is 25.1. The molecule has 44 heavy (non-hydrogen) atoms. The summed E-state index contributed by atoms with van der Waals surface area (Å²) in [5.74, 6) is 0.639. The van der Waals surface area contributed by atoms with Gasteiger partial charge in [-0.2, -0.15) is 0 Å². The molecule has 2 bridgehead atoms. The van der Waals surface area contributed by atoms with E-state index in [9.17, 15) is 14.4 Å². The molecule has 0 unspecified atom stereocenters. The summed E-state index contributed by atoms with van der Waals surface area (Å²) in [6.07, 6.45) is 5.19. The second-order valence-electron chi connectivity index (χ2n) is 11.2. The summed E-state index contributed by atoms with van der Waals surface area (Å²) in [7, 11) is 0. The SMILES string of the molecule is CC(C)C[C@H]1NC(=O)CN(C(=O)c2csc(Cc3ccccc3)n2)CCCOc2cccc(c2)-c2nccn2CCNC1=O. The van der Waals surface area contributed by atoms with Gasteiger partial charge in [0.25, 0.3) is 5.91 Å². The lowest BCUT2D eigenvalue weighted by Gasteiger charge is -2.25. The van der Waals surface area contributed by atoms with E-state index in [1.165, 1.54) is 16.2 Å². The smallest absolute Gasteiger partial charge is 0.273 e. The van der Waals surface area contributed by atoms with Crippen molar-refractivity contribution >= 4 is 29.1 Å². The van der Waals surface area contributed by atoms with Crippen molar-refractivity contribution in [1.29, 1.82) is 0 Å². The summed E-state index contributed by atoms with van der Waals surface area (Å²) in [4.78, 5) is 50.8. The van der Waals surface area contributed by atoms with Crippen LogP contribution in [-0.2, 0) is 22.6 Å². The normalized spacial score (nSPS) is 16.7. The molecular weight excluding hydrogens is 576 g/mol. The van der Waals surface area contributed by atoms with Gasteiger partial charge in [0.1, 0.15) is 23.3 Å². The molecular formula is C33H38N6O4S. The van der Waals surface area contributed by atoms with Gasteiger partial charge in [0, 0.05) is 49.4 Å². The van der Waals surface area contributed by atoms with Crippen molar-refractivity contribution in [1.82, 2.24) is 30.1 Å². The van der Waals surface area contributed by atoms with E-state index in [1.807, 2.05) is 79.2 Å². The number of ether oxygens (including phenoxy) is 1. The monoisotopic (exact) mass is 614 g/mol. The Morgan fingerprint density at radius 3 is 2.77 bits per heavy atom. The minimum atomic E-state index is -0.725. The highest BCUT2D eigenvalue weighted by Crippen LogP contribution is 2.23. The van der Waals surface area contributed by atoms with Crippen molar-refractivity contribution in [2.45, 2.75) is 45.7 Å². The molecule has 5 rings (SSSR count). The maximum atomic E-state index is 13.7. The van der Waals surface area contributed by atoms with Crippen LogP contribution in [0.5, 0.6) is 5.75 Å². The highest BCUT2D eigenvalue weighted by Gasteiger charge is 2.26. The lowest BCUT2D eigenvalue weighted by Crippen LogP contribution is -2.51. The van der Waals surface area contributed by atoms with Crippen molar-refractivity contribution in [3.8, 4) is 17.1 Å². The summed E-state index contributed by atoms with van der Waals surface area (Å²) >= 11 is 1.42. The molecule has 0 spiro atoms. The minimum absolute atomic E-state index is 0.171.